The highest BCUT2D eigenvalue weighted by Gasteiger charge is 2.10. The van der Waals surface area contributed by atoms with Crippen LogP contribution in [0.1, 0.15) is 5.56 Å². The molecule has 0 fully saturated rings. The lowest BCUT2D eigenvalue weighted by molar-refractivity contribution is 0.412. The van der Waals surface area contributed by atoms with E-state index in [4.69, 9.17) is 10.5 Å². The lowest BCUT2D eigenvalue weighted by atomic mass is 10.2. The molecule has 4 nitrogen and oxygen atoms in total. The van der Waals surface area contributed by atoms with Gasteiger partial charge in [0.2, 0.25) is 0 Å². The zero-order valence-electron chi connectivity index (χ0n) is 10.3. The second-order valence-corrected chi connectivity index (χ2v) is 6.15. The van der Waals surface area contributed by atoms with Crippen molar-refractivity contribution in [1.82, 2.24) is 4.98 Å². The van der Waals surface area contributed by atoms with Crippen LogP contribution in [0.4, 0.5) is 5.69 Å². The third-order valence-electron chi connectivity index (χ3n) is 2.57. The van der Waals surface area contributed by atoms with Crippen LogP contribution in [0, 0.1) is 0 Å². The molecule has 0 saturated heterocycles. The molecule has 1 atom stereocenters. The number of benzene rings is 1. The number of nitrogens with zero attached hydrogens (tertiary/aromatic N) is 1. The minimum Gasteiger partial charge on any atom is -0.496 e. The highest BCUT2D eigenvalue weighted by Crippen LogP contribution is 2.27. The van der Waals surface area contributed by atoms with Crippen molar-refractivity contribution >= 4 is 32.4 Å². The maximum atomic E-state index is 12.3. The minimum absolute atomic E-state index is 0.400. The van der Waals surface area contributed by atoms with E-state index in [1.807, 2.05) is 18.2 Å². The fourth-order valence-corrected chi connectivity index (χ4v) is 3.38. The molecular formula is C13H13BrN2O2S. The first-order valence-electron chi connectivity index (χ1n) is 5.52. The van der Waals surface area contributed by atoms with Gasteiger partial charge in [-0.05, 0) is 39.7 Å². The van der Waals surface area contributed by atoms with Gasteiger partial charge in [-0.1, -0.05) is 6.07 Å². The maximum absolute atomic E-state index is 12.3. The molecule has 19 heavy (non-hydrogen) atoms. The summed E-state index contributed by atoms with van der Waals surface area (Å²) in [7, 11) is 0.417. The second kappa shape index (κ2) is 6.16. The van der Waals surface area contributed by atoms with Gasteiger partial charge in [0.1, 0.15) is 5.75 Å². The zero-order chi connectivity index (χ0) is 13.8. The predicted octanol–water partition coefficient (Wildman–Crippen LogP) is 2.74. The SMILES string of the molecule is COc1ccc(CS(=O)c2ccncc2N)cc1Br. The Balaban J connectivity index is 2.20. The molecule has 1 unspecified atom stereocenters. The Morgan fingerprint density at radius 3 is 2.84 bits per heavy atom. The summed E-state index contributed by atoms with van der Waals surface area (Å²) in [6, 6.07) is 7.31. The van der Waals surface area contributed by atoms with Gasteiger partial charge in [-0.25, -0.2) is 0 Å². The van der Waals surface area contributed by atoms with E-state index in [-0.39, 0.29) is 0 Å². The van der Waals surface area contributed by atoms with Crippen LogP contribution in [0.15, 0.2) is 46.0 Å². The number of methoxy groups -OCH3 is 1. The van der Waals surface area contributed by atoms with Crippen LogP contribution in [-0.2, 0) is 16.6 Å². The molecule has 1 aromatic carbocycles. The van der Waals surface area contributed by atoms with Gasteiger partial charge in [0.25, 0.3) is 0 Å². The smallest absolute Gasteiger partial charge is 0.133 e. The van der Waals surface area contributed by atoms with Gasteiger partial charge < -0.3 is 10.5 Å². The number of nitrogens with two attached hydrogens (primary N) is 1. The molecule has 2 aromatic rings. The molecule has 0 saturated carbocycles. The first-order chi connectivity index (χ1) is 9.11. The molecule has 2 rings (SSSR count). The molecule has 2 N–H and O–H groups in total. The van der Waals surface area contributed by atoms with Gasteiger partial charge in [-0.2, -0.15) is 0 Å². The number of anilines is 1. The van der Waals surface area contributed by atoms with E-state index in [2.05, 4.69) is 20.9 Å². The number of ether oxygens (including phenoxy) is 1. The average Bonchev–Trinajstić information content (AvgIpc) is 2.39. The van der Waals surface area contributed by atoms with Crippen molar-refractivity contribution in [3.05, 3.63) is 46.7 Å². The van der Waals surface area contributed by atoms with E-state index in [0.29, 0.717) is 16.3 Å². The number of rotatable bonds is 4. The van der Waals surface area contributed by atoms with Crippen LogP contribution in [0.2, 0.25) is 0 Å². The Bertz CT molecular complexity index is 619. The molecule has 0 spiro atoms. The van der Waals surface area contributed by atoms with Crippen LogP contribution in [0.3, 0.4) is 0 Å². The van der Waals surface area contributed by atoms with Crippen LogP contribution >= 0.6 is 15.9 Å². The summed E-state index contributed by atoms with van der Waals surface area (Å²) >= 11 is 3.41. The predicted molar refractivity (Wildman–Crippen MR) is 79.5 cm³/mol. The maximum Gasteiger partial charge on any atom is 0.133 e. The Morgan fingerprint density at radius 2 is 2.21 bits per heavy atom. The van der Waals surface area contributed by atoms with Gasteiger partial charge in [0.15, 0.2) is 0 Å². The Kier molecular flexibility index (Phi) is 4.55. The molecule has 1 heterocycles. The van der Waals surface area contributed by atoms with E-state index >= 15 is 0 Å². The van der Waals surface area contributed by atoms with Crippen molar-refractivity contribution in [2.75, 3.05) is 12.8 Å². The minimum atomic E-state index is -1.19. The highest BCUT2D eigenvalue weighted by atomic mass is 79.9. The number of aromatic nitrogens is 1. The molecular weight excluding hydrogens is 328 g/mol. The molecule has 0 bridgehead atoms. The van der Waals surface area contributed by atoms with E-state index in [9.17, 15) is 4.21 Å². The fraction of sp³-hybridized carbons (Fsp3) is 0.154. The van der Waals surface area contributed by atoms with Gasteiger partial charge in [0.05, 0.1) is 44.9 Å². The Labute approximate surface area is 122 Å². The van der Waals surface area contributed by atoms with Gasteiger partial charge in [-0.15, -0.1) is 0 Å². The summed E-state index contributed by atoms with van der Waals surface area (Å²) in [5.41, 5.74) is 7.16. The second-order valence-electron chi connectivity index (χ2n) is 3.87. The van der Waals surface area contributed by atoms with Crippen molar-refractivity contribution in [3.8, 4) is 5.75 Å². The summed E-state index contributed by atoms with van der Waals surface area (Å²) in [6.07, 6.45) is 3.10. The standard InChI is InChI=1S/C13H13BrN2O2S/c1-18-12-3-2-9(6-10(12)14)8-19(17)13-4-5-16-7-11(13)15/h2-7H,8,15H2,1H3. The molecule has 0 aliphatic carbocycles. The highest BCUT2D eigenvalue weighted by molar-refractivity contribution is 9.10. The summed E-state index contributed by atoms with van der Waals surface area (Å²) < 4.78 is 18.3. The van der Waals surface area contributed by atoms with E-state index < -0.39 is 10.8 Å². The summed E-state index contributed by atoms with van der Waals surface area (Å²) in [4.78, 5) is 4.50. The van der Waals surface area contributed by atoms with Gasteiger partial charge >= 0.3 is 0 Å². The largest absolute Gasteiger partial charge is 0.496 e. The summed E-state index contributed by atoms with van der Waals surface area (Å²) in [6.45, 7) is 0. The molecule has 100 valence electrons. The van der Waals surface area contributed by atoms with Crippen LogP contribution < -0.4 is 10.5 Å². The lowest BCUT2D eigenvalue weighted by Gasteiger charge is -2.07. The molecule has 0 radical (unpaired) electrons. The number of hydrogen-bond acceptors (Lipinski definition) is 4. The van der Waals surface area contributed by atoms with Crippen LogP contribution in [0.5, 0.6) is 5.75 Å². The molecule has 0 amide bonds. The number of halogens is 1. The van der Waals surface area contributed by atoms with E-state index in [0.717, 1.165) is 15.8 Å². The van der Waals surface area contributed by atoms with E-state index in [1.165, 1.54) is 6.20 Å². The topological polar surface area (TPSA) is 65.2 Å². The normalized spacial score (nSPS) is 12.1. The van der Waals surface area contributed by atoms with E-state index in [1.54, 1.807) is 19.4 Å². The first kappa shape index (κ1) is 14.0. The van der Waals surface area contributed by atoms with Crippen molar-refractivity contribution in [2.45, 2.75) is 10.6 Å². The fourth-order valence-electron chi connectivity index (χ4n) is 1.63. The first-order valence-corrected chi connectivity index (χ1v) is 7.63. The summed E-state index contributed by atoms with van der Waals surface area (Å²) in [5, 5.41) is 0. The third kappa shape index (κ3) is 3.33. The summed E-state index contributed by atoms with van der Waals surface area (Å²) in [5.74, 6) is 1.15. The van der Waals surface area contributed by atoms with Crippen LogP contribution in [-0.4, -0.2) is 16.3 Å². The Morgan fingerprint density at radius 1 is 1.42 bits per heavy atom. The van der Waals surface area contributed by atoms with Crippen molar-refractivity contribution < 1.29 is 8.95 Å². The number of nitrogen functional groups attached to an aromatic ring is 1. The van der Waals surface area contributed by atoms with Crippen molar-refractivity contribution in [2.24, 2.45) is 0 Å². The zero-order valence-corrected chi connectivity index (χ0v) is 12.7. The molecule has 6 heteroatoms. The average molecular weight is 341 g/mol. The quantitative estimate of drug-likeness (QED) is 0.929. The lowest BCUT2D eigenvalue weighted by Crippen LogP contribution is -2.01. The van der Waals surface area contributed by atoms with Gasteiger partial charge in [0, 0.05) is 6.20 Å². The molecule has 0 aliphatic heterocycles. The number of pyridine rings is 1. The monoisotopic (exact) mass is 340 g/mol. The Hall–Kier alpha value is -1.40. The molecule has 0 aliphatic rings. The molecule has 1 aromatic heterocycles. The van der Waals surface area contributed by atoms with Crippen molar-refractivity contribution in [1.29, 1.82) is 0 Å². The van der Waals surface area contributed by atoms with Crippen LogP contribution in [0.25, 0.3) is 0 Å². The van der Waals surface area contributed by atoms with Gasteiger partial charge in [-0.3, -0.25) is 9.19 Å². The number of hydrogen-bond donors (Lipinski definition) is 1. The third-order valence-corrected chi connectivity index (χ3v) is 4.65. The van der Waals surface area contributed by atoms with Crippen molar-refractivity contribution in [3.63, 3.8) is 0 Å².